The molecule has 0 saturated carbocycles. The van der Waals surface area contributed by atoms with Crippen LogP contribution >= 0.6 is 23.1 Å². The third kappa shape index (κ3) is 10.3. The monoisotopic (exact) mass is 818 g/mol. The van der Waals surface area contributed by atoms with Gasteiger partial charge in [0.15, 0.2) is 11.5 Å². The first-order valence-corrected chi connectivity index (χ1v) is 20.7. The molecule has 3 N–H and O–H groups in total. The fraction of sp³-hybridized carbons (Fsp3) is 0.244. The minimum atomic E-state index is -0.573. The summed E-state index contributed by atoms with van der Waals surface area (Å²) < 4.78 is 16.5. The third-order valence-electron chi connectivity index (χ3n) is 9.40. The number of carbonyl (C=O) groups is 4. The average Bonchev–Trinajstić information content (AvgIpc) is 3.60. The fourth-order valence-electron chi connectivity index (χ4n) is 6.59. The Morgan fingerprint density at radius 1 is 0.879 bits per heavy atom. The van der Waals surface area contributed by atoms with Gasteiger partial charge in [-0.1, -0.05) is 73.7 Å². The molecular formula is C45H46N4O7S2. The second kappa shape index (κ2) is 20.0. The van der Waals surface area contributed by atoms with Crippen LogP contribution in [0.2, 0.25) is 0 Å². The Labute approximate surface area is 346 Å². The van der Waals surface area contributed by atoms with Crippen LogP contribution in [0.5, 0.6) is 11.5 Å². The molecule has 5 aromatic rings. The van der Waals surface area contributed by atoms with Crippen LogP contribution < -0.4 is 25.4 Å². The molecule has 4 aromatic carbocycles. The number of hydrogen-bond acceptors (Lipinski definition) is 10. The summed E-state index contributed by atoms with van der Waals surface area (Å²) in [6.07, 6.45) is 2.70. The van der Waals surface area contributed by atoms with Crippen molar-refractivity contribution in [2.24, 2.45) is 0 Å². The molecule has 0 radical (unpaired) electrons. The number of nitrogens with zero attached hydrogens (tertiary/aromatic N) is 1. The number of carbonyl (C=O) groups excluding carboxylic acids is 4. The maximum atomic E-state index is 13.9. The van der Waals surface area contributed by atoms with Gasteiger partial charge < -0.3 is 30.2 Å². The topological polar surface area (TPSA) is 135 Å². The van der Waals surface area contributed by atoms with Gasteiger partial charge in [-0.15, -0.1) is 23.1 Å². The van der Waals surface area contributed by atoms with Gasteiger partial charge in [-0.05, 0) is 73.4 Å². The highest BCUT2D eigenvalue weighted by atomic mass is 32.2. The molecule has 0 saturated heterocycles. The molecule has 0 bridgehead atoms. The Hall–Kier alpha value is -5.89. The highest BCUT2D eigenvalue weighted by Crippen LogP contribution is 2.39. The van der Waals surface area contributed by atoms with E-state index in [-0.39, 0.29) is 18.2 Å². The molecule has 0 spiro atoms. The predicted octanol–water partition coefficient (Wildman–Crippen LogP) is 8.42. The Balaban J connectivity index is 1.19. The lowest BCUT2D eigenvalue weighted by atomic mass is 10.0. The molecule has 1 aliphatic heterocycles. The minimum absolute atomic E-state index is 0.0245. The zero-order chi connectivity index (χ0) is 41.0. The number of rotatable bonds is 16. The first-order chi connectivity index (χ1) is 28.2. The number of anilines is 2. The Bertz CT molecular complexity index is 2280. The summed E-state index contributed by atoms with van der Waals surface area (Å²) >= 11 is 2.78. The Morgan fingerprint density at radius 3 is 2.33 bits per heavy atom. The van der Waals surface area contributed by atoms with E-state index in [9.17, 15) is 19.2 Å². The number of thiophene rings is 1. The van der Waals surface area contributed by atoms with E-state index in [0.29, 0.717) is 58.3 Å². The van der Waals surface area contributed by atoms with Gasteiger partial charge in [0.2, 0.25) is 5.91 Å². The molecule has 0 aliphatic carbocycles. The van der Waals surface area contributed by atoms with Gasteiger partial charge >= 0.3 is 5.97 Å². The number of thioether (sulfide) groups is 1. The number of esters is 1. The molecule has 300 valence electrons. The van der Waals surface area contributed by atoms with Crippen LogP contribution in [0.4, 0.5) is 10.7 Å². The zero-order valence-corrected chi connectivity index (χ0v) is 34.5. The maximum Gasteiger partial charge on any atom is 0.341 e. The predicted molar refractivity (Wildman–Crippen MR) is 230 cm³/mol. The number of para-hydroxylation sites is 1. The van der Waals surface area contributed by atoms with Crippen molar-refractivity contribution in [2.75, 3.05) is 38.0 Å². The van der Waals surface area contributed by atoms with Crippen molar-refractivity contribution in [3.63, 3.8) is 0 Å². The molecule has 0 fully saturated rings. The van der Waals surface area contributed by atoms with Crippen LogP contribution in [-0.2, 0) is 33.8 Å². The lowest BCUT2D eigenvalue weighted by Gasteiger charge is -2.27. The molecule has 3 amide bonds. The second-order valence-electron chi connectivity index (χ2n) is 13.3. The van der Waals surface area contributed by atoms with Crippen molar-refractivity contribution in [3.8, 4) is 11.5 Å². The van der Waals surface area contributed by atoms with Crippen molar-refractivity contribution < 1.29 is 33.4 Å². The quantitative estimate of drug-likeness (QED) is 0.0510. The van der Waals surface area contributed by atoms with E-state index < -0.39 is 23.0 Å². The van der Waals surface area contributed by atoms with Crippen LogP contribution in [0.25, 0.3) is 6.08 Å². The second-order valence-corrected chi connectivity index (χ2v) is 15.7. The van der Waals surface area contributed by atoms with Crippen molar-refractivity contribution in [3.05, 3.63) is 142 Å². The van der Waals surface area contributed by atoms with Gasteiger partial charge in [0.05, 0.1) is 31.6 Å². The number of ether oxygens (including phenoxy) is 3. The Kier molecular flexibility index (Phi) is 14.4. The molecule has 11 nitrogen and oxygen atoms in total. The summed E-state index contributed by atoms with van der Waals surface area (Å²) in [5, 5.41) is 8.72. The molecule has 1 aromatic heterocycles. The SMILES string of the molecule is CCOC(=O)c1c(NC(=O)C(CC)Sc2cccc(NC(=O)/C(=C\c3cccc(OC)c3OC)NC(=O)c3ccccc3)c2)sc2c1CCN(Cc1ccccc1)C2. The van der Waals surface area contributed by atoms with Gasteiger partial charge in [-0.3, -0.25) is 19.3 Å². The minimum Gasteiger partial charge on any atom is -0.493 e. The highest BCUT2D eigenvalue weighted by Gasteiger charge is 2.31. The highest BCUT2D eigenvalue weighted by molar-refractivity contribution is 8.00. The number of amides is 3. The van der Waals surface area contributed by atoms with Crippen LogP contribution in [0.1, 0.15) is 62.6 Å². The van der Waals surface area contributed by atoms with E-state index in [1.807, 2.05) is 31.2 Å². The molecule has 58 heavy (non-hydrogen) atoms. The standard InChI is InChI=1S/C45H46N4O7S2/c1-5-37(43(52)48-44-39(45(53)56-6-2)34-23-24-49(28-38(34)58-44)27-29-15-9-7-10-16-29)57-33-21-14-20-32(26-33)46-42(51)35(47-41(50)30-17-11-8-12-18-30)25-31-19-13-22-36(54-3)40(31)55-4/h7-22,25-26,37H,5-6,23-24,27-28H2,1-4H3,(H,46,51)(H,47,50)(H,48,52)/b35-25+. The summed E-state index contributed by atoms with van der Waals surface area (Å²) in [5.41, 5.74) is 3.92. The first-order valence-electron chi connectivity index (χ1n) is 19.0. The van der Waals surface area contributed by atoms with Crippen LogP contribution in [0, 0.1) is 0 Å². The van der Waals surface area contributed by atoms with Crippen molar-refractivity contribution in [1.29, 1.82) is 0 Å². The number of benzene rings is 4. The molecule has 2 heterocycles. The van der Waals surface area contributed by atoms with E-state index in [1.165, 1.54) is 49.0 Å². The molecule has 1 unspecified atom stereocenters. The van der Waals surface area contributed by atoms with E-state index >= 15 is 0 Å². The third-order valence-corrected chi connectivity index (χ3v) is 11.9. The molecule has 1 aliphatic rings. The number of nitrogens with one attached hydrogen (secondary N) is 3. The fourth-order valence-corrected chi connectivity index (χ4v) is 8.88. The number of hydrogen-bond donors (Lipinski definition) is 3. The van der Waals surface area contributed by atoms with Crippen LogP contribution in [0.3, 0.4) is 0 Å². The van der Waals surface area contributed by atoms with Crippen molar-refractivity contribution >= 4 is 63.6 Å². The zero-order valence-electron chi connectivity index (χ0n) is 32.8. The lowest BCUT2D eigenvalue weighted by Crippen LogP contribution is -2.30. The van der Waals surface area contributed by atoms with Gasteiger partial charge in [0, 0.05) is 46.2 Å². The normalized spacial score (nSPS) is 13.1. The summed E-state index contributed by atoms with van der Waals surface area (Å²) in [7, 11) is 3.02. The van der Waals surface area contributed by atoms with E-state index in [1.54, 1.807) is 73.7 Å². The van der Waals surface area contributed by atoms with Gasteiger partial charge in [-0.2, -0.15) is 0 Å². The number of fused-ring (bicyclic) bond motifs is 1. The largest absolute Gasteiger partial charge is 0.493 e. The van der Waals surface area contributed by atoms with Crippen molar-refractivity contribution in [1.82, 2.24) is 10.2 Å². The van der Waals surface area contributed by atoms with Crippen LogP contribution in [0.15, 0.2) is 114 Å². The van der Waals surface area contributed by atoms with E-state index in [2.05, 4.69) is 33.0 Å². The van der Waals surface area contributed by atoms with Gasteiger partial charge in [-0.25, -0.2) is 4.79 Å². The van der Waals surface area contributed by atoms with E-state index in [0.717, 1.165) is 28.4 Å². The van der Waals surface area contributed by atoms with E-state index in [4.69, 9.17) is 14.2 Å². The van der Waals surface area contributed by atoms with Gasteiger partial charge in [0.1, 0.15) is 10.7 Å². The summed E-state index contributed by atoms with van der Waals surface area (Å²) in [6, 6.07) is 31.3. The maximum absolute atomic E-state index is 13.9. The first kappa shape index (κ1) is 41.7. The molecule has 1 atom stereocenters. The molecule has 6 rings (SSSR count). The van der Waals surface area contributed by atoms with Gasteiger partial charge in [0.25, 0.3) is 11.8 Å². The number of methoxy groups -OCH3 is 2. The lowest BCUT2D eigenvalue weighted by molar-refractivity contribution is -0.116. The van der Waals surface area contributed by atoms with Crippen LogP contribution in [-0.4, -0.2) is 61.2 Å². The summed E-state index contributed by atoms with van der Waals surface area (Å²) in [4.78, 5) is 58.5. The van der Waals surface area contributed by atoms with Crippen molar-refractivity contribution in [2.45, 2.75) is 49.9 Å². The summed E-state index contributed by atoms with van der Waals surface area (Å²) in [6.45, 7) is 6.16. The molecule has 13 heteroatoms. The Morgan fingerprint density at radius 2 is 1.62 bits per heavy atom. The summed E-state index contributed by atoms with van der Waals surface area (Å²) in [5.74, 6) is -0.856. The smallest absolute Gasteiger partial charge is 0.341 e. The molecular weight excluding hydrogens is 773 g/mol. The average molecular weight is 819 g/mol.